The molecule has 1 atom stereocenters. The maximum atomic E-state index is 12.3. The molecule has 0 aliphatic heterocycles. The molecule has 2 aromatic rings. The quantitative estimate of drug-likeness (QED) is 0.779. The molecule has 27 heavy (non-hydrogen) atoms. The van der Waals surface area contributed by atoms with E-state index in [9.17, 15) is 9.59 Å². The van der Waals surface area contributed by atoms with Gasteiger partial charge in [-0.25, -0.2) is 4.79 Å². The number of hydrogen-bond donors (Lipinski definition) is 2. The minimum absolute atomic E-state index is 0.00497. The molecule has 0 radical (unpaired) electrons. The average molecular weight is 367 g/mol. The van der Waals surface area contributed by atoms with E-state index >= 15 is 0 Å². The number of para-hydroxylation sites is 1. The van der Waals surface area contributed by atoms with Crippen molar-refractivity contribution in [2.75, 3.05) is 18.9 Å². The van der Waals surface area contributed by atoms with Gasteiger partial charge >= 0.3 is 6.03 Å². The lowest BCUT2D eigenvalue weighted by Gasteiger charge is -2.21. The van der Waals surface area contributed by atoms with Gasteiger partial charge in [0.1, 0.15) is 6.54 Å². The molecule has 2 aromatic carbocycles. The monoisotopic (exact) mass is 367 g/mol. The van der Waals surface area contributed by atoms with E-state index in [0.717, 1.165) is 29.7 Å². The first-order chi connectivity index (χ1) is 12.9. The predicted octanol–water partition coefficient (Wildman–Crippen LogP) is 3.90. The standard InChI is InChI=1S/C22H29N3O2/c1-16-9-8-10-17(2)21(16)24-20(26)15-25(4)22(27)23-18(3)13-14-19-11-6-5-7-12-19/h5-12,18H,13-15H2,1-4H3,(H,23,27)(H,24,26). The number of nitrogens with one attached hydrogen (secondary N) is 2. The molecule has 0 saturated heterocycles. The molecule has 5 nitrogen and oxygen atoms in total. The molecule has 144 valence electrons. The summed E-state index contributed by atoms with van der Waals surface area (Å²) in [7, 11) is 1.63. The summed E-state index contributed by atoms with van der Waals surface area (Å²) in [6.07, 6.45) is 1.75. The normalized spacial score (nSPS) is 11.6. The summed E-state index contributed by atoms with van der Waals surface area (Å²) in [5.74, 6) is -0.206. The van der Waals surface area contributed by atoms with Crippen LogP contribution in [0.2, 0.25) is 0 Å². The molecule has 2 N–H and O–H groups in total. The Bertz CT molecular complexity index is 754. The summed E-state index contributed by atoms with van der Waals surface area (Å²) in [4.78, 5) is 26.0. The zero-order valence-corrected chi connectivity index (χ0v) is 16.6. The topological polar surface area (TPSA) is 61.4 Å². The van der Waals surface area contributed by atoms with Gasteiger partial charge in [-0.2, -0.15) is 0 Å². The van der Waals surface area contributed by atoms with E-state index in [2.05, 4.69) is 22.8 Å². The van der Waals surface area contributed by atoms with Crippen LogP contribution in [0.1, 0.15) is 30.0 Å². The van der Waals surface area contributed by atoms with Gasteiger partial charge in [0.05, 0.1) is 0 Å². The van der Waals surface area contributed by atoms with Crippen LogP contribution in [0.25, 0.3) is 0 Å². The van der Waals surface area contributed by atoms with Gasteiger partial charge < -0.3 is 15.5 Å². The highest BCUT2D eigenvalue weighted by Gasteiger charge is 2.16. The molecule has 0 saturated carbocycles. The van der Waals surface area contributed by atoms with E-state index in [1.54, 1.807) is 7.05 Å². The van der Waals surface area contributed by atoms with Crippen molar-refractivity contribution in [2.45, 2.75) is 39.7 Å². The maximum Gasteiger partial charge on any atom is 0.317 e. The number of aryl methyl sites for hydroxylation is 3. The molecule has 3 amide bonds. The van der Waals surface area contributed by atoms with Crippen LogP contribution in [0.15, 0.2) is 48.5 Å². The Balaban J connectivity index is 1.79. The largest absolute Gasteiger partial charge is 0.336 e. The Hall–Kier alpha value is -2.82. The van der Waals surface area contributed by atoms with Crippen LogP contribution >= 0.6 is 0 Å². The second kappa shape index (κ2) is 9.76. The molecule has 0 aliphatic carbocycles. The van der Waals surface area contributed by atoms with Gasteiger partial charge in [-0.1, -0.05) is 48.5 Å². The molecular weight excluding hydrogens is 338 g/mol. The lowest BCUT2D eigenvalue weighted by Crippen LogP contribution is -2.45. The smallest absolute Gasteiger partial charge is 0.317 e. The van der Waals surface area contributed by atoms with E-state index in [4.69, 9.17) is 0 Å². The Morgan fingerprint density at radius 1 is 1.00 bits per heavy atom. The minimum Gasteiger partial charge on any atom is -0.336 e. The number of likely N-dealkylation sites (N-methyl/N-ethyl adjacent to an activating group) is 1. The van der Waals surface area contributed by atoms with Crippen molar-refractivity contribution in [1.29, 1.82) is 0 Å². The van der Waals surface area contributed by atoms with Crippen LogP contribution in [0.5, 0.6) is 0 Å². The predicted molar refractivity (Wildman–Crippen MR) is 110 cm³/mol. The number of hydrogen-bond acceptors (Lipinski definition) is 2. The number of urea groups is 1. The summed E-state index contributed by atoms with van der Waals surface area (Å²) in [5.41, 5.74) is 4.07. The average Bonchev–Trinajstić information content (AvgIpc) is 2.64. The molecule has 0 aliphatic rings. The lowest BCUT2D eigenvalue weighted by molar-refractivity contribution is -0.116. The molecule has 0 heterocycles. The molecular formula is C22H29N3O2. The first-order valence-corrected chi connectivity index (χ1v) is 9.28. The number of anilines is 1. The summed E-state index contributed by atoms with van der Waals surface area (Å²) < 4.78 is 0. The third-order valence-corrected chi connectivity index (χ3v) is 4.55. The second-order valence-corrected chi connectivity index (χ2v) is 7.05. The first kappa shape index (κ1) is 20.5. The van der Waals surface area contributed by atoms with Gasteiger partial charge in [0.25, 0.3) is 0 Å². The Kier molecular flexibility index (Phi) is 7.41. The van der Waals surface area contributed by atoms with Gasteiger partial charge in [0.2, 0.25) is 5.91 Å². The van der Waals surface area contributed by atoms with Crippen LogP contribution in [-0.4, -0.2) is 36.5 Å². The van der Waals surface area contributed by atoms with Gasteiger partial charge in [0.15, 0.2) is 0 Å². The SMILES string of the molecule is Cc1cccc(C)c1NC(=O)CN(C)C(=O)NC(C)CCc1ccccc1. The third-order valence-electron chi connectivity index (χ3n) is 4.55. The van der Waals surface area contributed by atoms with Crippen molar-refractivity contribution in [2.24, 2.45) is 0 Å². The van der Waals surface area contributed by atoms with Crippen molar-refractivity contribution in [3.05, 3.63) is 65.2 Å². The Morgan fingerprint density at radius 2 is 1.63 bits per heavy atom. The van der Waals surface area contributed by atoms with Gasteiger partial charge in [-0.15, -0.1) is 0 Å². The minimum atomic E-state index is -0.243. The highest BCUT2D eigenvalue weighted by molar-refractivity contribution is 5.95. The van der Waals surface area contributed by atoms with Crippen molar-refractivity contribution >= 4 is 17.6 Å². The van der Waals surface area contributed by atoms with Crippen LogP contribution in [0.3, 0.4) is 0 Å². The third kappa shape index (κ3) is 6.44. The lowest BCUT2D eigenvalue weighted by atomic mass is 10.1. The molecule has 0 aromatic heterocycles. The number of carbonyl (C=O) groups excluding carboxylic acids is 2. The van der Waals surface area contributed by atoms with Crippen molar-refractivity contribution < 1.29 is 9.59 Å². The number of carbonyl (C=O) groups is 2. The van der Waals surface area contributed by atoms with Gasteiger partial charge in [-0.05, 0) is 50.3 Å². The van der Waals surface area contributed by atoms with Crippen LogP contribution in [-0.2, 0) is 11.2 Å². The number of amides is 3. The summed E-state index contributed by atoms with van der Waals surface area (Å²) >= 11 is 0. The summed E-state index contributed by atoms with van der Waals surface area (Å²) in [6, 6.07) is 15.8. The molecule has 2 rings (SSSR count). The van der Waals surface area contributed by atoms with E-state index in [1.807, 2.05) is 57.2 Å². The summed E-state index contributed by atoms with van der Waals surface area (Å²) in [5, 5.41) is 5.85. The Morgan fingerprint density at radius 3 is 2.26 bits per heavy atom. The fourth-order valence-corrected chi connectivity index (χ4v) is 2.90. The fraction of sp³-hybridized carbons (Fsp3) is 0.364. The van der Waals surface area contributed by atoms with Crippen molar-refractivity contribution in [3.8, 4) is 0 Å². The highest BCUT2D eigenvalue weighted by atomic mass is 16.2. The number of benzene rings is 2. The van der Waals surface area contributed by atoms with E-state index in [1.165, 1.54) is 10.5 Å². The number of rotatable bonds is 7. The molecule has 1 unspecified atom stereocenters. The van der Waals surface area contributed by atoms with Gasteiger partial charge in [0, 0.05) is 18.8 Å². The molecule has 0 bridgehead atoms. The van der Waals surface area contributed by atoms with E-state index in [-0.39, 0.29) is 24.5 Å². The molecule has 0 fully saturated rings. The second-order valence-electron chi connectivity index (χ2n) is 7.05. The van der Waals surface area contributed by atoms with Crippen molar-refractivity contribution in [3.63, 3.8) is 0 Å². The zero-order valence-electron chi connectivity index (χ0n) is 16.6. The van der Waals surface area contributed by atoms with Gasteiger partial charge in [-0.3, -0.25) is 4.79 Å². The zero-order chi connectivity index (χ0) is 19.8. The van der Waals surface area contributed by atoms with Crippen LogP contribution in [0.4, 0.5) is 10.5 Å². The maximum absolute atomic E-state index is 12.3. The summed E-state index contributed by atoms with van der Waals surface area (Å²) in [6.45, 7) is 5.89. The highest BCUT2D eigenvalue weighted by Crippen LogP contribution is 2.19. The molecule has 0 spiro atoms. The first-order valence-electron chi connectivity index (χ1n) is 9.28. The van der Waals surface area contributed by atoms with Crippen molar-refractivity contribution in [1.82, 2.24) is 10.2 Å². The molecule has 5 heteroatoms. The fourth-order valence-electron chi connectivity index (χ4n) is 2.90. The Labute approximate surface area is 161 Å². The van der Waals surface area contributed by atoms with Crippen LogP contribution < -0.4 is 10.6 Å². The number of nitrogens with zero attached hydrogens (tertiary/aromatic N) is 1. The van der Waals surface area contributed by atoms with E-state index < -0.39 is 0 Å². The van der Waals surface area contributed by atoms with Crippen LogP contribution in [0, 0.1) is 13.8 Å². The van der Waals surface area contributed by atoms with E-state index in [0.29, 0.717) is 0 Å².